The summed E-state index contributed by atoms with van der Waals surface area (Å²) in [4.78, 5) is 33.9. The Hall–Kier alpha value is -4.75. The maximum Gasteiger partial charge on any atom is 0.313 e. The van der Waals surface area contributed by atoms with Gasteiger partial charge in [-0.25, -0.2) is 13.2 Å². The molecule has 18 heteroatoms. The lowest BCUT2D eigenvalue weighted by atomic mass is 10.0. The summed E-state index contributed by atoms with van der Waals surface area (Å²) >= 11 is 0. The van der Waals surface area contributed by atoms with Crippen LogP contribution in [-0.2, 0) is 28.5 Å². The van der Waals surface area contributed by atoms with E-state index >= 15 is 0 Å². The van der Waals surface area contributed by atoms with Gasteiger partial charge in [0.05, 0.1) is 83.4 Å². The number of ether oxygens (including phenoxy) is 5. The monoisotopic (exact) mass is 973 g/mol. The van der Waals surface area contributed by atoms with Crippen LogP contribution < -0.4 is 15.9 Å². The number of nitrogens with one attached hydrogen (secondary N) is 3. The maximum absolute atomic E-state index is 13.6. The number of likely N-dealkylation sites (tertiary alicyclic amines) is 1. The van der Waals surface area contributed by atoms with E-state index in [1.165, 1.54) is 0 Å². The molecule has 386 valence electrons. The first kappa shape index (κ1) is 58.6. The average molecular weight is 973 g/mol. The Morgan fingerprint density at radius 3 is 2.01 bits per heavy atom. The van der Waals surface area contributed by atoms with Gasteiger partial charge in [0.2, 0.25) is 11.7 Å². The molecule has 4 unspecified atom stereocenters. The number of benzene rings is 2. The standard InChI is InChI=1S/C51H79F3N8O7/c1-37(2)51(56)62(40(5)55)39(4)33-44-20-19-38(3)61(44)24-21-47(41-15-11-10-12-16-41)59-48(63)18-14-9-7-6-8-13-17-43(60-57)36-58-23-26-66-28-30-68-32-31-67-29-27-65-25-22-49(64)69-50-45(53)34-42(52)35-46(50)54/h10-12,15-16,34-39,44,47,55-56H,6-9,13-14,17-33,57H2,1-5H3,(H,59,63)/b55-40?,56-51?,58-36?,60-43-. The van der Waals surface area contributed by atoms with E-state index in [0.717, 1.165) is 88.4 Å². The molecule has 3 rings (SSSR count). The largest absolute Gasteiger partial charge is 0.420 e. The van der Waals surface area contributed by atoms with Gasteiger partial charge in [0.15, 0.2) is 11.6 Å². The lowest BCUT2D eigenvalue weighted by molar-refractivity contribution is -0.136. The number of aliphatic imine (C=N–C) groups is 1. The van der Waals surface area contributed by atoms with Gasteiger partial charge >= 0.3 is 5.97 Å². The lowest BCUT2D eigenvalue weighted by Gasteiger charge is -2.37. The predicted molar refractivity (Wildman–Crippen MR) is 265 cm³/mol. The van der Waals surface area contributed by atoms with Crippen molar-refractivity contribution in [1.29, 1.82) is 10.8 Å². The number of amidine groups is 2. The maximum atomic E-state index is 13.6. The van der Waals surface area contributed by atoms with E-state index in [1.54, 1.807) is 13.1 Å². The van der Waals surface area contributed by atoms with Gasteiger partial charge in [-0.1, -0.05) is 69.9 Å². The molecule has 0 aromatic heterocycles. The molecular formula is C51H79F3N8O7. The summed E-state index contributed by atoms with van der Waals surface area (Å²) in [5.41, 5.74) is 1.86. The first-order chi connectivity index (χ1) is 33.2. The van der Waals surface area contributed by atoms with Gasteiger partial charge < -0.3 is 39.7 Å². The summed E-state index contributed by atoms with van der Waals surface area (Å²) in [6.45, 7) is 13.9. The molecule has 2 aromatic carbocycles. The number of hydrogen-bond donors (Lipinski definition) is 4. The van der Waals surface area contributed by atoms with E-state index in [9.17, 15) is 22.8 Å². The third kappa shape index (κ3) is 23.1. The Labute approximate surface area is 408 Å². The Kier molecular flexibility index (Phi) is 28.6. The highest BCUT2D eigenvalue weighted by Gasteiger charge is 2.34. The quantitative estimate of drug-likeness (QED) is 0.00986. The molecule has 1 aliphatic heterocycles. The molecule has 0 radical (unpaired) electrons. The minimum absolute atomic E-state index is 0.0437. The van der Waals surface area contributed by atoms with E-state index in [1.807, 2.05) is 36.9 Å². The van der Waals surface area contributed by atoms with Crippen molar-refractivity contribution >= 4 is 35.5 Å². The molecule has 0 aliphatic carbocycles. The number of amides is 1. The number of halogens is 3. The highest BCUT2D eigenvalue weighted by molar-refractivity contribution is 6.30. The summed E-state index contributed by atoms with van der Waals surface area (Å²) in [6, 6.07) is 11.9. The second-order valence-electron chi connectivity index (χ2n) is 17.9. The Morgan fingerprint density at radius 1 is 0.841 bits per heavy atom. The predicted octanol–water partition coefficient (Wildman–Crippen LogP) is 8.78. The lowest BCUT2D eigenvalue weighted by Crippen LogP contribution is -2.47. The summed E-state index contributed by atoms with van der Waals surface area (Å²) in [6.07, 6.45) is 12.6. The molecule has 1 fully saturated rings. The van der Waals surface area contributed by atoms with Crippen molar-refractivity contribution in [2.75, 3.05) is 65.9 Å². The molecule has 1 amide bonds. The molecule has 1 heterocycles. The SMILES string of the molecule is CC(=N)N(C(=N)C(C)C)C(C)CC1CCC(C)N1CCC(NC(=O)CCCCCCCC/C(C=NCCOCCOCCOCCOCCC(=O)Oc1c(F)cc(F)cc1F)=N/N)c1ccccc1. The first-order valence-electron chi connectivity index (χ1n) is 24.7. The highest BCUT2D eigenvalue weighted by Crippen LogP contribution is 2.31. The molecule has 0 saturated carbocycles. The number of unbranched alkanes of at least 4 members (excludes halogenated alkanes) is 5. The fraction of sp³-hybridized carbons (Fsp3) is 0.647. The van der Waals surface area contributed by atoms with Crippen LogP contribution in [0.4, 0.5) is 13.2 Å². The van der Waals surface area contributed by atoms with Crippen molar-refractivity contribution < 1.29 is 46.4 Å². The van der Waals surface area contributed by atoms with Gasteiger partial charge in [-0.2, -0.15) is 5.10 Å². The summed E-state index contributed by atoms with van der Waals surface area (Å²) < 4.78 is 66.5. The third-order valence-electron chi connectivity index (χ3n) is 12.0. The van der Waals surface area contributed by atoms with Crippen molar-refractivity contribution in [1.82, 2.24) is 15.1 Å². The van der Waals surface area contributed by atoms with Crippen molar-refractivity contribution in [3.63, 3.8) is 0 Å². The molecule has 15 nitrogen and oxygen atoms in total. The number of carbonyl (C=O) groups excluding carboxylic acids is 2. The van der Waals surface area contributed by atoms with Gasteiger partial charge in [-0.15, -0.1) is 0 Å². The Bertz CT molecular complexity index is 1870. The number of nitrogens with zero attached hydrogens (tertiary/aromatic N) is 4. The van der Waals surface area contributed by atoms with Crippen LogP contribution in [0.25, 0.3) is 0 Å². The van der Waals surface area contributed by atoms with Crippen molar-refractivity contribution in [2.45, 2.75) is 142 Å². The van der Waals surface area contributed by atoms with Crippen LogP contribution in [0.3, 0.4) is 0 Å². The molecule has 4 atom stereocenters. The van der Waals surface area contributed by atoms with Crippen LogP contribution in [0.15, 0.2) is 52.6 Å². The second kappa shape index (κ2) is 33.7. The summed E-state index contributed by atoms with van der Waals surface area (Å²) in [5.74, 6) is 1.08. The van der Waals surface area contributed by atoms with Crippen LogP contribution in [0.1, 0.15) is 130 Å². The number of carbonyl (C=O) groups is 2. The fourth-order valence-corrected chi connectivity index (χ4v) is 8.32. The molecule has 0 bridgehead atoms. The number of hydrazone groups is 1. The van der Waals surface area contributed by atoms with Gasteiger partial charge in [0.1, 0.15) is 11.7 Å². The number of nitrogens with two attached hydrogens (primary N) is 1. The van der Waals surface area contributed by atoms with Gasteiger partial charge in [-0.3, -0.25) is 30.3 Å². The molecule has 2 aromatic rings. The van der Waals surface area contributed by atoms with Crippen LogP contribution in [0.5, 0.6) is 5.75 Å². The minimum Gasteiger partial charge on any atom is -0.420 e. The van der Waals surface area contributed by atoms with Crippen molar-refractivity contribution in [2.24, 2.45) is 21.9 Å². The van der Waals surface area contributed by atoms with E-state index in [4.69, 9.17) is 35.6 Å². The van der Waals surface area contributed by atoms with Crippen LogP contribution >= 0.6 is 0 Å². The smallest absolute Gasteiger partial charge is 0.313 e. The number of esters is 1. The number of rotatable bonds is 35. The Balaban J connectivity index is 1.18. The van der Waals surface area contributed by atoms with Gasteiger partial charge in [-0.05, 0) is 71.3 Å². The van der Waals surface area contributed by atoms with Gasteiger partial charge in [0, 0.05) is 55.4 Å². The molecule has 0 spiro atoms. The Morgan fingerprint density at radius 2 is 1.42 bits per heavy atom. The zero-order valence-corrected chi connectivity index (χ0v) is 41.6. The second-order valence-corrected chi connectivity index (χ2v) is 17.9. The first-order valence-corrected chi connectivity index (χ1v) is 24.7. The van der Waals surface area contributed by atoms with E-state index in [2.05, 4.69) is 51.0 Å². The fourth-order valence-electron chi connectivity index (χ4n) is 8.32. The molecule has 1 saturated heterocycles. The molecule has 69 heavy (non-hydrogen) atoms. The van der Waals surface area contributed by atoms with Gasteiger partial charge in [0.25, 0.3) is 0 Å². The molecule has 5 N–H and O–H groups in total. The zero-order valence-electron chi connectivity index (χ0n) is 41.6. The van der Waals surface area contributed by atoms with E-state index < -0.39 is 29.2 Å². The van der Waals surface area contributed by atoms with E-state index in [0.29, 0.717) is 81.9 Å². The zero-order chi connectivity index (χ0) is 50.4. The molecular weight excluding hydrogens is 894 g/mol. The van der Waals surface area contributed by atoms with Crippen LogP contribution in [-0.4, -0.2) is 129 Å². The van der Waals surface area contributed by atoms with E-state index in [-0.39, 0.29) is 50.2 Å². The van der Waals surface area contributed by atoms with Crippen LogP contribution in [0.2, 0.25) is 0 Å². The topological polar surface area (TPSA) is 197 Å². The molecule has 1 aliphatic rings. The average Bonchev–Trinajstić information content (AvgIpc) is 3.66. The normalized spacial score (nSPS) is 16.3. The minimum atomic E-state index is -1.30. The third-order valence-corrected chi connectivity index (χ3v) is 12.0. The summed E-state index contributed by atoms with van der Waals surface area (Å²) in [5, 5.41) is 24.2. The van der Waals surface area contributed by atoms with Crippen molar-refractivity contribution in [3.05, 3.63) is 65.5 Å². The van der Waals surface area contributed by atoms with Crippen molar-refractivity contribution in [3.8, 4) is 5.75 Å². The summed E-state index contributed by atoms with van der Waals surface area (Å²) in [7, 11) is 0. The number of hydrogen-bond acceptors (Lipinski definition) is 13. The van der Waals surface area contributed by atoms with Crippen LogP contribution in [0, 0.1) is 34.2 Å². The highest BCUT2D eigenvalue weighted by atomic mass is 19.1.